The van der Waals surface area contributed by atoms with Crippen LogP contribution in [0.2, 0.25) is 5.02 Å². The second-order valence-electron chi connectivity index (χ2n) is 6.18. The Balaban J connectivity index is 1.89. The molecule has 1 amide bonds. The van der Waals surface area contributed by atoms with Gasteiger partial charge in [-0.25, -0.2) is 8.42 Å². The number of aromatic amines is 1. The maximum Gasteiger partial charge on any atom is 0.256 e. The summed E-state index contributed by atoms with van der Waals surface area (Å²) in [4.78, 5) is 12.3. The van der Waals surface area contributed by atoms with Crippen molar-refractivity contribution in [1.82, 2.24) is 14.5 Å². The van der Waals surface area contributed by atoms with Crippen molar-refractivity contribution in [3.05, 3.63) is 41.0 Å². The van der Waals surface area contributed by atoms with Gasteiger partial charge in [-0.1, -0.05) is 18.5 Å². The third-order valence-electron chi connectivity index (χ3n) is 4.18. The van der Waals surface area contributed by atoms with Crippen LogP contribution in [0.4, 0.5) is 5.82 Å². The van der Waals surface area contributed by atoms with Crippen LogP contribution in [0, 0.1) is 5.92 Å². The van der Waals surface area contributed by atoms with Gasteiger partial charge in [0.25, 0.3) is 5.91 Å². The standard InChI is InChI=1S/C16H19ClN4O3S/c1-11-3-2-8-21(10-11)25(23,24)14-9-12(4-5-13(14)17)16(22)19-15-6-7-18-20-15/h4-7,9,11H,2-3,8,10H2,1H3,(H2,18,19,20,22). The molecule has 9 heteroatoms. The summed E-state index contributed by atoms with van der Waals surface area (Å²) >= 11 is 6.13. The largest absolute Gasteiger partial charge is 0.307 e. The number of carbonyl (C=O) groups excluding carboxylic acids is 1. The third kappa shape index (κ3) is 3.86. The molecule has 0 spiro atoms. The van der Waals surface area contributed by atoms with Crippen molar-refractivity contribution in [2.45, 2.75) is 24.7 Å². The first-order valence-electron chi connectivity index (χ1n) is 7.98. The average Bonchev–Trinajstić information content (AvgIpc) is 3.08. The fourth-order valence-corrected chi connectivity index (χ4v) is 4.96. The Morgan fingerprint density at radius 1 is 1.40 bits per heavy atom. The SMILES string of the molecule is CC1CCCN(S(=O)(=O)c2cc(C(=O)Nc3ccn[nH]3)ccc2Cl)C1. The Morgan fingerprint density at radius 2 is 2.20 bits per heavy atom. The Labute approximate surface area is 151 Å². The van der Waals surface area contributed by atoms with Gasteiger partial charge in [-0.05, 0) is 37.0 Å². The lowest BCUT2D eigenvalue weighted by Gasteiger charge is -2.30. The lowest BCUT2D eigenvalue weighted by molar-refractivity contribution is 0.102. The summed E-state index contributed by atoms with van der Waals surface area (Å²) in [6, 6.07) is 5.85. The molecule has 7 nitrogen and oxygen atoms in total. The number of rotatable bonds is 4. The van der Waals surface area contributed by atoms with Crippen molar-refractivity contribution < 1.29 is 13.2 Å². The predicted octanol–water partition coefficient (Wildman–Crippen LogP) is 2.74. The molecule has 0 aliphatic carbocycles. The molecule has 3 rings (SSSR count). The summed E-state index contributed by atoms with van der Waals surface area (Å²) < 4.78 is 27.3. The first kappa shape index (κ1) is 17.9. The highest BCUT2D eigenvalue weighted by molar-refractivity contribution is 7.89. The van der Waals surface area contributed by atoms with Gasteiger partial charge in [0.15, 0.2) is 0 Å². The van der Waals surface area contributed by atoms with E-state index in [-0.39, 0.29) is 15.5 Å². The van der Waals surface area contributed by atoms with E-state index in [1.807, 2.05) is 6.92 Å². The second kappa shape index (κ2) is 7.15. The molecule has 0 saturated carbocycles. The number of sulfonamides is 1. The van der Waals surface area contributed by atoms with Crippen LogP contribution < -0.4 is 5.32 Å². The zero-order valence-electron chi connectivity index (χ0n) is 13.7. The number of nitrogens with one attached hydrogen (secondary N) is 2. The summed E-state index contributed by atoms with van der Waals surface area (Å²) in [6.45, 7) is 2.95. The minimum Gasteiger partial charge on any atom is -0.307 e. The molecular formula is C16H19ClN4O3S. The lowest BCUT2D eigenvalue weighted by atomic mass is 10.0. The molecule has 1 atom stereocenters. The maximum atomic E-state index is 12.9. The van der Waals surface area contributed by atoms with Crippen molar-refractivity contribution >= 4 is 33.3 Å². The highest BCUT2D eigenvalue weighted by atomic mass is 35.5. The molecule has 1 aromatic heterocycles. The van der Waals surface area contributed by atoms with Crippen molar-refractivity contribution in [1.29, 1.82) is 0 Å². The van der Waals surface area contributed by atoms with E-state index in [0.717, 1.165) is 12.8 Å². The molecule has 0 radical (unpaired) electrons. The number of amides is 1. The minimum atomic E-state index is -3.74. The fraction of sp³-hybridized carbons (Fsp3) is 0.375. The van der Waals surface area contributed by atoms with Gasteiger partial charge in [0.05, 0.1) is 11.2 Å². The lowest BCUT2D eigenvalue weighted by Crippen LogP contribution is -2.39. The van der Waals surface area contributed by atoms with E-state index in [0.29, 0.717) is 24.8 Å². The van der Waals surface area contributed by atoms with E-state index < -0.39 is 15.9 Å². The summed E-state index contributed by atoms with van der Waals surface area (Å²) in [5.74, 6) is 0.285. The number of piperidine rings is 1. The monoisotopic (exact) mass is 382 g/mol. The number of nitrogens with zero attached hydrogens (tertiary/aromatic N) is 2. The molecule has 2 N–H and O–H groups in total. The summed E-state index contributed by atoms with van der Waals surface area (Å²) in [7, 11) is -3.74. The van der Waals surface area contributed by atoms with Gasteiger partial charge >= 0.3 is 0 Å². The number of H-pyrrole nitrogens is 1. The van der Waals surface area contributed by atoms with E-state index in [9.17, 15) is 13.2 Å². The number of halogens is 1. The molecule has 2 heterocycles. The van der Waals surface area contributed by atoms with Gasteiger partial charge in [-0.15, -0.1) is 0 Å². The molecule has 134 valence electrons. The smallest absolute Gasteiger partial charge is 0.256 e. The van der Waals surface area contributed by atoms with Gasteiger partial charge in [0, 0.05) is 24.7 Å². The number of hydrogen-bond acceptors (Lipinski definition) is 4. The molecule has 1 fully saturated rings. The van der Waals surface area contributed by atoms with Crippen LogP contribution in [0.15, 0.2) is 35.4 Å². The normalized spacial score (nSPS) is 18.9. The maximum absolute atomic E-state index is 12.9. The topological polar surface area (TPSA) is 95.2 Å². The zero-order chi connectivity index (χ0) is 18.0. The molecule has 0 bridgehead atoms. The Hall–Kier alpha value is -1.90. The number of aromatic nitrogens is 2. The van der Waals surface area contributed by atoms with Gasteiger partial charge in [-0.2, -0.15) is 9.40 Å². The molecule has 1 aromatic carbocycles. The highest BCUT2D eigenvalue weighted by Crippen LogP contribution is 2.29. The van der Waals surface area contributed by atoms with Gasteiger partial charge in [-0.3, -0.25) is 9.89 Å². The van der Waals surface area contributed by atoms with E-state index in [1.165, 1.54) is 28.7 Å². The van der Waals surface area contributed by atoms with Crippen LogP contribution in [0.3, 0.4) is 0 Å². The first-order valence-corrected chi connectivity index (χ1v) is 9.80. The van der Waals surface area contributed by atoms with Crippen LogP contribution in [-0.4, -0.2) is 41.9 Å². The van der Waals surface area contributed by atoms with Crippen LogP contribution in [0.1, 0.15) is 30.1 Å². The number of anilines is 1. The van der Waals surface area contributed by atoms with Crippen LogP contribution in [0.5, 0.6) is 0 Å². The Kier molecular flexibility index (Phi) is 5.12. The molecule has 2 aromatic rings. The summed E-state index contributed by atoms with van der Waals surface area (Å²) in [6.07, 6.45) is 3.33. The highest BCUT2D eigenvalue weighted by Gasteiger charge is 2.30. The third-order valence-corrected chi connectivity index (χ3v) is 6.53. The molecular weight excluding hydrogens is 364 g/mol. The average molecular weight is 383 g/mol. The summed E-state index contributed by atoms with van der Waals surface area (Å²) in [5.41, 5.74) is 0.211. The van der Waals surface area contributed by atoms with Crippen molar-refractivity contribution in [2.75, 3.05) is 18.4 Å². The number of benzene rings is 1. The Morgan fingerprint density at radius 3 is 2.88 bits per heavy atom. The van der Waals surface area contributed by atoms with Crippen LogP contribution in [0.25, 0.3) is 0 Å². The van der Waals surface area contributed by atoms with Crippen molar-refractivity contribution in [3.8, 4) is 0 Å². The van der Waals surface area contributed by atoms with E-state index in [2.05, 4.69) is 15.5 Å². The van der Waals surface area contributed by atoms with Gasteiger partial charge < -0.3 is 5.32 Å². The molecule has 25 heavy (non-hydrogen) atoms. The quantitative estimate of drug-likeness (QED) is 0.849. The zero-order valence-corrected chi connectivity index (χ0v) is 15.3. The van der Waals surface area contributed by atoms with Gasteiger partial charge in [0.1, 0.15) is 10.7 Å². The predicted molar refractivity (Wildman–Crippen MR) is 95.1 cm³/mol. The first-order chi connectivity index (χ1) is 11.9. The number of hydrogen-bond donors (Lipinski definition) is 2. The molecule has 1 unspecified atom stereocenters. The molecule has 1 saturated heterocycles. The van der Waals surface area contributed by atoms with Crippen molar-refractivity contribution in [2.24, 2.45) is 5.92 Å². The van der Waals surface area contributed by atoms with E-state index in [1.54, 1.807) is 6.07 Å². The summed E-state index contributed by atoms with van der Waals surface area (Å²) in [5, 5.41) is 9.08. The minimum absolute atomic E-state index is 0.0412. The van der Waals surface area contributed by atoms with E-state index >= 15 is 0 Å². The van der Waals surface area contributed by atoms with Crippen LogP contribution in [-0.2, 0) is 10.0 Å². The second-order valence-corrected chi connectivity index (χ2v) is 8.49. The van der Waals surface area contributed by atoms with Crippen LogP contribution >= 0.6 is 11.6 Å². The molecule has 1 aliphatic rings. The van der Waals surface area contributed by atoms with E-state index in [4.69, 9.17) is 11.6 Å². The van der Waals surface area contributed by atoms with Crippen molar-refractivity contribution in [3.63, 3.8) is 0 Å². The fourth-order valence-electron chi connectivity index (χ4n) is 2.87. The Bertz CT molecular complexity index is 868. The van der Waals surface area contributed by atoms with Gasteiger partial charge in [0.2, 0.25) is 10.0 Å². The molecule has 1 aliphatic heterocycles. The number of carbonyl (C=O) groups is 1.